The summed E-state index contributed by atoms with van der Waals surface area (Å²) in [5, 5.41) is 0. The van der Waals surface area contributed by atoms with E-state index < -0.39 is 11.6 Å². The molecular formula is C16H21BrF2. The summed E-state index contributed by atoms with van der Waals surface area (Å²) in [6, 6.07) is 4.28. The molecule has 0 bridgehead atoms. The third-order valence-electron chi connectivity index (χ3n) is 4.19. The standard InChI is InChI=1S/C16H21BrF2/c1-11(2)10-16(7-3-4-8-16)15(17)12-5-6-13(18)14(19)9-12/h5-6,9,11,15H,3-4,7-8,10H2,1-2H3. The summed E-state index contributed by atoms with van der Waals surface area (Å²) in [5.74, 6) is -0.907. The molecule has 1 fully saturated rings. The van der Waals surface area contributed by atoms with Gasteiger partial charge in [-0.25, -0.2) is 8.78 Å². The van der Waals surface area contributed by atoms with Gasteiger partial charge in [0.1, 0.15) is 0 Å². The topological polar surface area (TPSA) is 0 Å². The highest BCUT2D eigenvalue weighted by atomic mass is 79.9. The molecule has 0 spiro atoms. The highest BCUT2D eigenvalue weighted by molar-refractivity contribution is 9.09. The monoisotopic (exact) mass is 330 g/mol. The molecular weight excluding hydrogens is 310 g/mol. The molecule has 1 aliphatic rings. The van der Waals surface area contributed by atoms with E-state index in [-0.39, 0.29) is 10.2 Å². The van der Waals surface area contributed by atoms with Crippen LogP contribution in [0.5, 0.6) is 0 Å². The lowest BCUT2D eigenvalue weighted by Crippen LogP contribution is -2.24. The van der Waals surface area contributed by atoms with E-state index in [0.717, 1.165) is 12.0 Å². The predicted molar refractivity (Wildman–Crippen MR) is 78.4 cm³/mol. The van der Waals surface area contributed by atoms with Crippen LogP contribution in [0.3, 0.4) is 0 Å². The van der Waals surface area contributed by atoms with Crippen molar-refractivity contribution < 1.29 is 8.78 Å². The molecule has 1 aromatic carbocycles. The highest BCUT2D eigenvalue weighted by Gasteiger charge is 2.41. The molecule has 1 aromatic rings. The first-order valence-electron chi connectivity index (χ1n) is 7.04. The minimum absolute atomic E-state index is 0.111. The van der Waals surface area contributed by atoms with Crippen LogP contribution < -0.4 is 0 Å². The van der Waals surface area contributed by atoms with Crippen LogP contribution >= 0.6 is 15.9 Å². The van der Waals surface area contributed by atoms with Gasteiger partial charge in [0.2, 0.25) is 0 Å². The average molecular weight is 331 g/mol. The van der Waals surface area contributed by atoms with Crippen LogP contribution in [-0.2, 0) is 0 Å². The second kappa shape index (κ2) is 5.90. The Kier molecular flexibility index (Phi) is 4.65. The third-order valence-corrected chi connectivity index (χ3v) is 5.69. The number of halogens is 3. The van der Waals surface area contributed by atoms with Crippen LogP contribution in [0.25, 0.3) is 0 Å². The molecule has 0 N–H and O–H groups in total. The van der Waals surface area contributed by atoms with E-state index in [1.54, 1.807) is 6.07 Å². The first-order valence-corrected chi connectivity index (χ1v) is 7.95. The van der Waals surface area contributed by atoms with Crippen molar-refractivity contribution in [1.29, 1.82) is 0 Å². The van der Waals surface area contributed by atoms with Crippen LogP contribution in [0, 0.1) is 23.0 Å². The van der Waals surface area contributed by atoms with Gasteiger partial charge in [-0.15, -0.1) is 0 Å². The van der Waals surface area contributed by atoms with Crippen LogP contribution in [0.1, 0.15) is 56.3 Å². The minimum Gasteiger partial charge on any atom is -0.204 e. The van der Waals surface area contributed by atoms with Crippen LogP contribution in [0.4, 0.5) is 8.78 Å². The van der Waals surface area contributed by atoms with Crippen LogP contribution in [-0.4, -0.2) is 0 Å². The van der Waals surface area contributed by atoms with E-state index in [2.05, 4.69) is 29.8 Å². The second-order valence-electron chi connectivity index (χ2n) is 6.20. The Balaban J connectivity index is 2.28. The molecule has 0 saturated heterocycles. The van der Waals surface area contributed by atoms with Gasteiger partial charge in [-0.05, 0) is 48.3 Å². The summed E-state index contributed by atoms with van der Waals surface area (Å²) in [7, 11) is 0. The van der Waals surface area contributed by atoms with E-state index >= 15 is 0 Å². The summed E-state index contributed by atoms with van der Waals surface area (Å²) in [6.45, 7) is 4.45. The molecule has 1 unspecified atom stereocenters. The summed E-state index contributed by atoms with van der Waals surface area (Å²) in [6.07, 6.45) is 5.93. The zero-order chi connectivity index (χ0) is 14.0. The molecule has 1 atom stereocenters. The largest absolute Gasteiger partial charge is 0.204 e. The fraction of sp³-hybridized carbons (Fsp3) is 0.625. The van der Waals surface area contributed by atoms with Gasteiger partial charge in [0.05, 0.1) is 0 Å². The van der Waals surface area contributed by atoms with Gasteiger partial charge in [-0.2, -0.15) is 0 Å². The molecule has 0 radical (unpaired) electrons. The van der Waals surface area contributed by atoms with Crippen molar-refractivity contribution in [2.24, 2.45) is 11.3 Å². The first-order chi connectivity index (χ1) is 8.94. The zero-order valence-electron chi connectivity index (χ0n) is 11.6. The Morgan fingerprint density at radius 2 is 1.79 bits per heavy atom. The summed E-state index contributed by atoms with van der Waals surface area (Å²) in [5.41, 5.74) is 1.06. The molecule has 0 amide bonds. The van der Waals surface area contributed by atoms with Crippen molar-refractivity contribution >= 4 is 15.9 Å². The van der Waals surface area contributed by atoms with E-state index in [4.69, 9.17) is 0 Å². The average Bonchev–Trinajstić information content (AvgIpc) is 2.80. The van der Waals surface area contributed by atoms with Crippen LogP contribution in [0.15, 0.2) is 18.2 Å². The Morgan fingerprint density at radius 3 is 2.32 bits per heavy atom. The molecule has 106 valence electrons. The number of hydrogen-bond acceptors (Lipinski definition) is 0. The van der Waals surface area contributed by atoms with Gasteiger partial charge in [-0.1, -0.05) is 48.7 Å². The molecule has 0 nitrogen and oxygen atoms in total. The minimum atomic E-state index is -0.771. The summed E-state index contributed by atoms with van der Waals surface area (Å²) < 4.78 is 26.5. The molecule has 3 heteroatoms. The first kappa shape index (κ1) is 15.0. The number of benzene rings is 1. The quantitative estimate of drug-likeness (QED) is 0.593. The lowest BCUT2D eigenvalue weighted by molar-refractivity contribution is 0.230. The van der Waals surface area contributed by atoms with E-state index in [1.165, 1.54) is 37.8 Å². The molecule has 0 aliphatic heterocycles. The normalized spacial score (nSPS) is 19.9. The molecule has 0 heterocycles. The van der Waals surface area contributed by atoms with Gasteiger partial charge in [-0.3, -0.25) is 0 Å². The van der Waals surface area contributed by atoms with Crippen molar-refractivity contribution in [3.8, 4) is 0 Å². The maximum absolute atomic E-state index is 13.4. The second-order valence-corrected chi connectivity index (χ2v) is 7.12. The Morgan fingerprint density at radius 1 is 1.16 bits per heavy atom. The van der Waals surface area contributed by atoms with Crippen molar-refractivity contribution in [3.63, 3.8) is 0 Å². The number of rotatable bonds is 4. The maximum atomic E-state index is 13.4. The Bertz CT molecular complexity index is 436. The van der Waals surface area contributed by atoms with Gasteiger partial charge >= 0.3 is 0 Å². The van der Waals surface area contributed by atoms with Crippen molar-refractivity contribution in [2.75, 3.05) is 0 Å². The van der Waals surface area contributed by atoms with E-state index in [0.29, 0.717) is 5.92 Å². The molecule has 1 aliphatic carbocycles. The number of hydrogen-bond donors (Lipinski definition) is 0. The van der Waals surface area contributed by atoms with Crippen molar-refractivity contribution in [2.45, 2.75) is 50.8 Å². The zero-order valence-corrected chi connectivity index (χ0v) is 13.1. The molecule has 1 saturated carbocycles. The highest BCUT2D eigenvalue weighted by Crippen LogP contribution is 2.55. The van der Waals surface area contributed by atoms with Crippen molar-refractivity contribution in [3.05, 3.63) is 35.4 Å². The smallest absolute Gasteiger partial charge is 0.159 e. The van der Waals surface area contributed by atoms with Gasteiger partial charge in [0.15, 0.2) is 11.6 Å². The number of alkyl halides is 1. The van der Waals surface area contributed by atoms with Crippen LogP contribution in [0.2, 0.25) is 0 Å². The predicted octanol–water partition coefficient (Wildman–Crippen LogP) is 6.01. The van der Waals surface area contributed by atoms with Gasteiger partial charge in [0, 0.05) is 4.83 Å². The van der Waals surface area contributed by atoms with Gasteiger partial charge < -0.3 is 0 Å². The summed E-state index contributed by atoms with van der Waals surface area (Å²) in [4.78, 5) is 0.111. The Labute approximate surface area is 122 Å². The molecule has 2 rings (SSSR count). The molecule has 0 aromatic heterocycles. The third kappa shape index (κ3) is 3.18. The fourth-order valence-corrected chi connectivity index (χ4v) is 4.41. The molecule has 19 heavy (non-hydrogen) atoms. The Hall–Kier alpha value is -0.440. The van der Waals surface area contributed by atoms with Crippen molar-refractivity contribution in [1.82, 2.24) is 0 Å². The van der Waals surface area contributed by atoms with E-state index in [1.807, 2.05) is 0 Å². The lowest BCUT2D eigenvalue weighted by atomic mass is 9.74. The SMILES string of the molecule is CC(C)CC1(C(Br)c2ccc(F)c(F)c2)CCCC1. The summed E-state index contributed by atoms with van der Waals surface area (Å²) >= 11 is 3.77. The van der Waals surface area contributed by atoms with Gasteiger partial charge in [0.25, 0.3) is 0 Å². The maximum Gasteiger partial charge on any atom is 0.159 e. The fourth-order valence-electron chi connectivity index (χ4n) is 3.48. The lowest BCUT2D eigenvalue weighted by Gasteiger charge is -2.36. The van der Waals surface area contributed by atoms with E-state index in [9.17, 15) is 8.78 Å².